The van der Waals surface area contributed by atoms with Gasteiger partial charge < -0.3 is 9.92 Å². The molecule has 130 valence electrons. The van der Waals surface area contributed by atoms with Crippen molar-refractivity contribution in [3.63, 3.8) is 0 Å². The van der Waals surface area contributed by atoms with Gasteiger partial charge in [0.25, 0.3) is 0 Å². The zero-order chi connectivity index (χ0) is 18.7. The molecule has 0 amide bonds. The molecule has 0 radical (unpaired) electrons. The van der Waals surface area contributed by atoms with E-state index >= 15 is 0 Å². The Morgan fingerprint density at radius 3 is 2.50 bits per heavy atom. The van der Waals surface area contributed by atoms with Crippen LogP contribution in [0.1, 0.15) is 5.56 Å². The SMILES string of the molecule is Cc1cc(F)c(N/N=C(\C#N)C(=N)N)cc1OS(=O)(=O)C(F)(F)F. The number of rotatable bonds is 5. The lowest BCUT2D eigenvalue weighted by molar-refractivity contribution is -0.0500. The minimum absolute atomic E-state index is 0.234. The fraction of sp³-hybridized carbons (Fsp3) is 0.182. The van der Waals surface area contributed by atoms with Crippen LogP contribution in [0.4, 0.5) is 23.2 Å². The second-order valence-corrected chi connectivity index (χ2v) is 5.72. The molecule has 0 bridgehead atoms. The van der Waals surface area contributed by atoms with E-state index < -0.39 is 44.4 Å². The van der Waals surface area contributed by atoms with Crippen LogP contribution in [-0.2, 0) is 10.1 Å². The molecule has 0 aliphatic rings. The number of anilines is 1. The summed E-state index contributed by atoms with van der Waals surface area (Å²) in [5.74, 6) is -2.56. The maximum absolute atomic E-state index is 13.7. The van der Waals surface area contributed by atoms with Crippen LogP contribution in [0, 0.1) is 29.5 Å². The van der Waals surface area contributed by atoms with E-state index in [-0.39, 0.29) is 5.56 Å². The van der Waals surface area contributed by atoms with E-state index in [1.165, 1.54) is 6.07 Å². The minimum Gasteiger partial charge on any atom is -0.382 e. The van der Waals surface area contributed by atoms with Gasteiger partial charge >= 0.3 is 15.6 Å². The van der Waals surface area contributed by atoms with Gasteiger partial charge in [0.15, 0.2) is 5.84 Å². The van der Waals surface area contributed by atoms with Crippen LogP contribution in [-0.4, -0.2) is 25.5 Å². The Balaban J connectivity index is 3.24. The van der Waals surface area contributed by atoms with Gasteiger partial charge in [0.05, 0.1) is 5.69 Å². The highest BCUT2D eigenvalue weighted by Crippen LogP contribution is 2.31. The molecular formula is C11H9F4N5O3S. The predicted octanol–water partition coefficient (Wildman–Crippen LogP) is 1.59. The number of nitrogens with one attached hydrogen (secondary N) is 2. The van der Waals surface area contributed by atoms with Crippen molar-refractivity contribution >= 4 is 27.4 Å². The first-order valence-electron chi connectivity index (χ1n) is 5.78. The van der Waals surface area contributed by atoms with E-state index in [2.05, 4.69) is 9.28 Å². The summed E-state index contributed by atoms with van der Waals surface area (Å²) in [5, 5.41) is 18.9. The molecule has 0 atom stereocenters. The van der Waals surface area contributed by atoms with Crippen molar-refractivity contribution in [1.29, 1.82) is 10.7 Å². The van der Waals surface area contributed by atoms with Crippen molar-refractivity contribution in [2.45, 2.75) is 12.4 Å². The quantitative estimate of drug-likeness (QED) is 0.180. The molecule has 1 aromatic carbocycles. The number of hydrazone groups is 1. The Morgan fingerprint density at radius 2 is 2.04 bits per heavy atom. The monoisotopic (exact) mass is 367 g/mol. The van der Waals surface area contributed by atoms with Crippen LogP contribution < -0.4 is 15.3 Å². The lowest BCUT2D eigenvalue weighted by Gasteiger charge is -2.13. The van der Waals surface area contributed by atoms with Crippen molar-refractivity contribution in [1.82, 2.24) is 0 Å². The van der Waals surface area contributed by atoms with E-state index in [0.717, 1.165) is 6.92 Å². The maximum Gasteiger partial charge on any atom is 0.534 e. The average molecular weight is 367 g/mol. The highest BCUT2D eigenvalue weighted by atomic mass is 32.2. The lowest BCUT2D eigenvalue weighted by atomic mass is 10.2. The second kappa shape index (κ2) is 6.71. The van der Waals surface area contributed by atoms with Gasteiger partial charge in [-0.3, -0.25) is 10.8 Å². The molecule has 0 saturated heterocycles. The highest BCUT2D eigenvalue weighted by Gasteiger charge is 2.48. The average Bonchev–Trinajstić information content (AvgIpc) is 2.42. The fourth-order valence-corrected chi connectivity index (χ4v) is 1.77. The van der Waals surface area contributed by atoms with E-state index in [9.17, 15) is 26.0 Å². The van der Waals surface area contributed by atoms with E-state index in [4.69, 9.17) is 16.4 Å². The van der Waals surface area contributed by atoms with E-state index in [1.807, 2.05) is 5.43 Å². The Kier molecular flexibility index (Phi) is 5.36. The van der Waals surface area contributed by atoms with Gasteiger partial charge in [-0.25, -0.2) is 4.39 Å². The van der Waals surface area contributed by atoms with Crippen LogP contribution in [0.3, 0.4) is 0 Å². The van der Waals surface area contributed by atoms with Crippen LogP contribution in [0.5, 0.6) is 5.75 Å². The zero-order valence-corrected chi connectivity index (χ0v) is 12.6. The number of nitrogens with two attached hydrogens (primary N) is 1. The summed E-state index contributed by atoms with van der Waals surface area (Å²) in [7, 11) is -5.94. The number of nitrogens with zero attached hydrogens (tertiary/aromatic N) is 2. The van der Waals surface area contributed by atoms with Crippen LogP contribution in [0.25, 0.3) is 0 Å². The summed E-state index contributed by atoms with van der Waals surface area (Å²) in [5.41, 5.74) is -0.166. The van der Waals surface area contributed by atoms with Gasteiger partial charge in [0.2, 0.25) is 5.71 Å². The summed E-state index contributed by atoms with van der Waals surface area (Å²) in [6.45, 7) is 1.12. The number of aryl methyl sites for hydroxylation is 1. The molecule has 0 aliphatic carbocycles. The molecule has 8 nitrogen and oxygen atoms in total. The smallest absolute Gasteiger partial charge is 0.382 e. The van der Waals surface area contributed by atoms with Gasteiger partial charge in [-0.1, -0.05) is 0 Å². The molecule has 0 unspecified atom stereocenters. The second-order valence-electron chi connectivity index (χ2n) is 4.18. The molecule has 0 saturated carbocycles. The minimum atomic E-state index is -5.94. The molecule has 0 aromatic heterocycles. The highest BCUT2D eigenvalue weighted by molar-refractivity contribution is 7.88. The van der Waals surface area contributed by atoms with Gasteiger partial charge in [-0.15, -0.1) is 0 Å². The topological polar surface area (TPSA) is 141 Å². The van der Waals surface area contributed by atoms with Crippen molar-refractivity contribution in [3.05, 3.63) is 23.5 Å². The standard InChI is InChI=1S/C11H9F4N5O3S/c1-5-2-6(12)7(19-20-8(4-16)10(17)18)3-9(5)23-24(21,22)11(13,14)15/h2-3,19H,1H3,(H3,17,18)/b20-8+. The third kappa shape index (κ3) is 4.32. The Morgan fingerprint density at radius 1 is 1.46 bits per heavy atom. The van der Waals surface area contributed by atoms with E-state index in [1.54, 1.807) is 0 Å². The van der Waals surface area contributed by atoms with Crippen LogP contribution in [0.2, 0.25) is 0 Å². The molecular weight excluding hydrogens is 358 g/mol. The maximum atomic E-state index is 13.7. The third-order valence-electron chi connectivity index (χ3n) is 2.40. The first-order valence-corrected chi connectivity index (χ1v) is 7.19. The largest absolute Gasteiger partial charge is 0.534 e. The van der Waals surface area contributed by atoms with E-state index in [0.29, 0.717) is 12.1 Å². The number of benzene rings is 1. The molecule has 0 fully saturated rings. The predicted molar refractivity (Wildman–Crippen MR) is 75.3 cm³/mol. The molecule has 13 heteroatoms. The molecule has 1 rings (SSSR count). The van der Waals surface area contributed by atoms with Crippen molar-refractivity contribution < 1.29 is 30.2 Å². The number of halogens is 4. The number of nitriles is 1. The van der Waals surface area contributed by atoms with Crippen LogP contribution >= 0.6 is 0 Å². The molecule has 24 heavy (non-hydrogen) atoms. The van der Waals surface area contributed by atoms with Crippen molar-refractivity contribution in [3.8, 4) is 11.8 Å². The van der Waals surface area contributed by atoms with Gasteiger partial charge in [0, 0.05) is 6.07 Å². The summed E-state index contributed by atoms with van der Waals surface area (Å²) in [4.78, 5) is 0. The van der Waals surface area contributed by atoms with Crippen molar-refractivity contribution in [2.75, 3.05) is 5.43 Å². The summed E-state index contributed by atoms with van der Waals surface area (Å²) in [6, 6.07) is 2.71. The van der Waals surface area contributed by atoms with Gasteiger partial charge in [-0.05, 0) is 18.6 Å². The number of hydrogen-bond donors (Lipinski definition) is 3. The molecule has 1 aromatic rings. The first kappa shape index (κ1) is 19.2. The third-order valence-corrected chi connectivity index (χ3v) is 3.36. The number of hydrogen-bond acceptors (Lipinski definition) is 7. The van der Waals surface area contributed by atoms with Gasteiger partial charge in [-0.2, -0.15) is 32.0 Å². The Hall–Kier alpha value is -2.88. The molecule has 0 aliphatic heterocycles. The lowest BCUT2D eigenvalue weighted by Crippen LogP contribution is -2.28. The summed E-state index contributed by atoms with van der Waals surface area (Å²) < 4.78 is 76.6. The Bertz CT molecular complexity index is 842. The normalized spacial score (nSPS) is 12.4. The zero-order valence-electron chi connectivity index (χ0n) is 11.8. The number of alkyl halides is 3. The summed E-state index contributed by atoms with van der Waals surface area (Å²) in [6.07, 6.45) is 0. The summed E-state index contributed by atoms with van der Waals surface area (Å²) >= 11 is 0. The van der Waals surface area contributed by atoms with Gasteiger partial charge in [0.1, 0.15) is 17.6 Å². The van der Waals surface area contributed by atoms with Crippen molar-refractivity contribution in [2.24, 2.45) is 10.8 Å². The number of amidine groups is 1. The molecule has 0 spiro atoms. The fourth-order valence-electron chi connectivity index (χ4n) is 1.26. The molecule has 0 heterocycles. The van der Waals surface area contributed by atoms with Crippen LogP contribution in [0.15, 0.2) is 17.2 Å². The first-order chi connectivity index (χ1) is 10.9. The molecule has 4 N–H and O–H groups in total. The Labute approximate surface area is 133 Å².